The predicted octanol–water partition coefficient (Wildman–Crippen LogP) is 2.90. The number of halogens is 3. The Labute approximate surface area is 98.5 Å². The number of ketones is 1. The molecule has 0 spiro atoms. The van der Waals surface area contributed by atoms with Crippen molar-refractivity contribution < 1.29 is 18.0 Å². The third kappa shape index (κ3) is 2.07. The number of rotatable bonds is 2. The standard InChI is InChI=1S/C12H16F3NO/c1-11(2)7-8(16-5-3-4-6-16)9(11)10(17)12(13,14)15/h3-7H2,1-2H3. The van der Waals surface area contributed by atoms with Crippen LogP contribution in [0, 0.1) is 5.41 Å². The quantitative estimate of drug-likeness (QED) is 0.747. The monoisotopic (exact) mass is 247 g/mol. The zero-order chi connectivity index (χ0) is 12.8. The number of hydrogen-bond acceptors (Lipinski definition) is 2. The normalized spacial score (nSPS) is 23.9. The molecule has 0 N–H and O–H groups in total. The summed E-state index contributed by atoms with van der Waals surface area (Å²) in [6.45, 7) is 4.96. The van der Waals surface area contributed by atoms with E-state index in [1.807, 2.05) is 4.90 Å². The molecule has 96 valence electrons. The topological polar surface area (TPSA) is 20.3 Å². The van der Waals surface area contributed by atoms with Crippen LogP contribution in [-0.4, -0.2) is 29.9 Å². The lowest BCUT2D eigenvalue weighted by atomic mass is 9.67. The van der Waals surface area contributed by atoms with E-state index in [0.717, 1.165) is 25.9 Å². The van der Waals surface area contributed by atoms with E-state index in [1.165, 1.54) is 0 Å². The number of likely N-dealkylation sites (tertiary alicyclic amines) is 1. The summed E-state index contributed by atoms with van der Waals surface area (Å²) in [5.74, 6) is -1.66. The second-order valence-electron chi connectivity index (χ2n) is 5.40. The molecular formula is C12H16F3NO. The highest BCUT2D eigenvalue weighted by Gasteiger charge is 2.52. The average molecular weight is 247 g/mol. The van der Waals surface area contributed by atoms with Gasteiger partial charge in [0.2, 0.25) is 0 Å². The Morgan fingerprint density at radius 1 is 1.24 bits per heavy atom. The van der Waals surface area contributed by atoms with Crippen LogP contribution in [0.15, 0.2) is 11.3 Å². The van der Waals surface area contributed by atoms with E-state index >= 15 is 0 Å². The number of Topliss-reactive ketones (excluding diaryl/α,β-unsaturated/α-hetero) is 1. The first-order valence-corrected chi connectivity index (χ1v) is 5.83. The highest BCUT2D eigenvalue weighted by molar-refractivity contribution is 6.02. The van der Waals surface area contributed by atoms with Crippen molar-refractivity contribution in [1.82, 2.24) is 4.90 Å². The lowest BCUT2D eigenvalue weighted by Crippen LogP contribution is -2.43. The first kappa shape index (κ1) is 12.5. The summed E-state index contributed by atoms with van der Waals surface area (Å²) in [7, 11) is 0. The molecule has 0 unspecified atom stereocenters. The summed E-state index contributed by atoms with van der Waals surface area (Å²) in [6.07, 6.45) is -2.18. The lowest BCUT2D eigenvalue weighted by molar-refractivity contribution is -0.168. The molecule has 0 atom stereocenters. The van der Waals surface area contributed by atoms with Crippen LogP contribution in [0.1, 0.15) is 33.1 Å². The SMILES string of the molecule is CC1(C)CC(N2CCCC2)=C1C(=O)C(F)(F)F. The molecule has 1 fully saturated rings. The van der Waals surface area contributed by atoms with Crippen molar-refractivity contribution in [1.29, 1.82) is 0 Å². The Balaban J connectivity index is 2.31. The highest BCUT2D eigenvalue weighted by atomic mass is 19.4. The van der Waals surface area contributed by atoms with Crippen LogP contribution < -0.4 is 0 Å². The van der Waals surface area contributed by atoms with Crippen LogP contribution >= 0.6 is 0 Å². The molecule has 2 nitrogen and oxygen atoms in total. The van der Waals surface area contributed by atoms with Crippen molar-refractivity contribution in [3.8, 4) is 0 Å². The molecule has 1 saturated heterocycles. The van der Waals surface area contributed by atoms with Crippen LogP contribution in [0.25, 0.3) is 0 Å². The van der Waals surface area contributed by atoms with Crippen LogP contribution in [0.2, 0.25) is 0 Å². The summed E-state index contributed by atoms with van der Waals surface area (Å²) in [5.41, 5.74) is -0.0356. The summed E-state index contributed by atoms with van der Waals surface area (Å²) >= 11 is 0. The first-order chi connectivity index (χ1) is 7.73. The zero-order valence-electron chi connectivity index (χ0n) is 10.0. The molecule has 5 heteroatoms. The molecule has 0 bridgehead atoms. The maximum absolute atomic E-state index is 12.5. The van der Waals surface area contributed by atoms with E-state index in [9.17, 15) is 18.0 Å². The van der Waals surface area contributed by atoms with Gasteiger partial charge in [-0.3, -0.25) is 4.79 Å². The van der Waals surface area contributed by atoms with E-state index in [0.29, 0.717) is 12.1 Å². The molecular weight excluding hydrogens is 231 g/mol. The van der Waals surface area contributed by atoms with Gasteiger partial charge in [-0.25, -0.2) is 0 Å². The predicted molar refractivity (Wildman–Crippen MR) is 57.3 cm³/mol. The fourth-order valence-electron chi connectivity index (χ4n) is 2.72. The fraction of sp³-hybridized carbons (Fsp3) is 0.750. The number of nitrogens with zero attached hydrogens (tertiary/aromatic N) is 1. The van der Waals surface area contributed by atoms with Gasteiger partial charge in [-0.1, -0.05) is 13.8 Å². The van der Waals surface area contributed by atoms with Gasteiger partial charge in [0.15, 0.2) is 0 Å². The number of hydrogen-bond donors (Lipinski definition) is 0. The molecule has 1 heterocycles. The first-order valence-electron chi connectivity index (χ1n) is 5.83. The Bertz CT molecular complexity index is 376. The Kier molecular flexibility index (Phi) is 2.75. The lowest BCUT2D eigenvalue weighted by Gasteiger charge is -2.44. The van der Waals surface area contributed by atoms with Crippen LogP contribution in [0.3, 0.4) is 0 Å². The maximum Gasteiger partial charge on any atom is 0.454 e. The van der Waals surface area contributed by atoms with E-state index in [-0.39, 0.29) is 5.57 Å². The largest absolute Gasteiger partial charge is 0.454 e. The molecule has 0 aromatic heterocycles. The van der Waals surface area contributed by atoms with Gasteiger partial charge in [0.05, 0.1) is 0 Å². The molecule has 0 aromatic carbocycles. The Morgan fingerprint density at radius 3 is 2.18 bits per heavy atom. The van der Waals surface area contributed by atoms with Gasteiger partial charge in [-0.05, 0) is 19.3 Å². The Hall–Kier alpha value is -1.00. The van der Waals surface area contributed by atoms with Crippen LogP contribution in [-0.2, 0) is 4.79 Å². The van der Waals surface area contributed by atoms with Crippen molar-refractivity contribution in [2.75, 3.05) is 13.1 Å². The van der Waals surface area contributed by atoms with E-state index in [4.69, 9.17) is 0 Å². The van der Waals surface area contributed by atoms with Crippen molar-refractivity contribution in [2.45, 2.75) is 39.3 Å². The van der Waals surface area contributed by atoms with Crippen molar-refractivity contribution in [2.24, 2.45) is 5.41 Å². The minimum atomic E-state index is -4.75. The summed E-state index contributed by atoms with van der Waals surface area (Å²) in [5, 5.41) is 0. The molecule has 17 heavy (non-hydrogen) atoms. The summed E-state index contributed by atoms with van der Waals surface area (Å²) in [4.78, 5) is 13.4. The summed E-state index contributed by atoms with van der Waals surface area (Å²) in [6, 6.07) is 0. The maximum atomic E-state index is 12.5. The van der Waals surface area contributed by atoms with Gasteiger partial charge in [0.25, 0.3) is 5.78 Å². The number of carbonyl (C=O) groups is 1. The van der Waals surface area contributed by atoms with Gasteiger partial charge in [-0.2, -0.15) is 13.2 Å². The second kappa shape index (κ2) is 3.75. The minimum Gasteiger partial charge on any atom is -0.374 e. The van der Waals surface area contributed by atoms with Crippen LogP contribution in [0.5, 0.6) is 0 Å². The Morgan fingerprint density at radius 2 is 1.76 bits per heavy atom. The second-order valence-corrected chi connectivity index (χ2v) is 5.40. The smallest absolute Gasteiger partial charge is 0.374 e. The number of alkyl halides is 3. The van der Waals surface area contributed by atoms with Gasteiger partial charge in [-0.15, -0.1) is 0 Å². The molecule has 0 amide bonds. The number of allylic oxidation sites excluding steroid dienone is 2. The van der Waals surface area contributed by atoms with Gasteiger partial charge in [0.1, 0.15) is 0 Å². The average Bonchev–Trinajstić information content (AvgIpc) is 2.65. The molecule has 2 aliphatic rings. The zero-order valence-corrected chi connectivity index (χ0v) is 10.0. The molecule has 0 saturated carbocycles. The molecule has 0 radical (unpaired) electrons. The third-order valence-corrected chi connectivity index (χ3v) is 3.55. The van der Waals surface area contributed by atoms with E-state index in [2.05, 4.69) is 0 Å². The molecule has 1 aliphatic heterocycles. The summed E-state index contributed by atoms with van der Waals surface area (Å²) < 4.78 is 37.6. The van der Waals surface area contributed by atoms with E-state index in [1.54, 1.807) is 13.8 Å². The van der Waals surface area contributed by atoms with Crippen molar-refractivity contribution in [3.05, 3.63) is 11.3 Å². The molecule has 2 rings (SSSR count). The minimum absolute atomic E-state index is 0.0214. The highest BCUT2D eigenvalue weighted by Crippen LogP contribution is 2.50. The van der Waals surface area contributed by atoms with Gasteiger partial charge in [0, 0.05) is 29.8 Å². The van der Waals surface area contributed by atoms with Gasteiger partial charge < -0.3 is 4.90 Å². The van der Waals surface area contributed by atoms with E-state index < -0.39 is 17.4 Å². The molecule has 0 aromatic rings. The van der Waals surface area contributed by atoms with Crippen molar-refractivity contribution >= 4 is 5.78 Å². The number of carbonyl (C=O) groups excluding carboxylic acids is 1. The van der Waals surface area contributed by atoms with Gasteiger partial charge >= 0.3 is 6.18 Å². The third-order valence-electron chi connectivity index (χ3n) is 3.55. The van der Waals surface area contributed by atoms with Crippen molar-refractivity contribution in [3.63, 3.8) is 0 Å². The molecule has 1 aliphatic carbocycles. The van der Waals surface area contributed by atoms with Crippen LogP contribution in [0.4, 0.5) is 13.2 Å². The fourth-order valence-corrected chi connectivity index (χ4v) is 2.72.